The van der Waals surface area contributed by atoms with E-state index in [0.29, 0.717) is 18.4 Å². The molecule has 0 spiro atoms. The second-order valence-electron chi connectivity index (χ2n) is 5.42. The van der Waals surface area contributed by atoms with Gasteiger partial charge in [0, 0.05) is 19.3 Å². The molecule has 106 valence electrons. The van der Waals surface area contributed by atoms with Gasteiger partial charge in [0.05, 0.1) is 11.2 Å². The second kappa shape index (κ2) is 5.15. The van der Waals surface area contributed by atoms with E-state index in [1.54, 1.807) is 0 Å². The Kier molecular flexibility index (Phi) is 3.34. The smallest absolute Gasteiger partial charge is 0.314 e. The number of rotatable bonds is 4. The standard InChI is InChI=1S/C15H20N4O/c1-3-16-15(20)17-9-11-8-13(11)12-5-4-6-19-14(12)7-10(2)18-19/h4-7,11,13H,3,8-9H2,1-2H3,(H2,16,17,20). The summed E-state index contributed by atoms with van der Waals surface area (Å²) in [5.74, 6) is 1.08. The van der Waals surface area contributed by atoms with Gasteiger partial charge in [0.15, 0.2) is 0 Å². The lowest BCUT2D eigenvalue weighted by Crippen LogP contribution is -2.36. The molecule has 2 heterocycles. The lowest BCUT2D eigenvalue weighted by molar-refractivity contribution is 0.241. The van der Waals surface area contributed by atoms with Crippen LogP contribution in [-0.4, -0.2) is 28.7 Å². The molecular weight excluding hydrogens is 252 g/mol. The number of carbonyl (C=O) groups excluding carboxylic acids is 1. The normalized spacial score (nSPS) is 20.9. The number of aromatic nitrogens is 2. The van der Waals surface area contributed by atoms with E-state index in [9.17, 15) is 4.79 Å². The Labute approximate surface area is 118 Å². The molecule has 0 saturated heterocycles. The molecule has 2 unspecified atom stereocenters. The van der Waals surface area contributed by atoms with Gasteiger partial charge in [-0.05, 0) is 49.8 Å². The lowest BCUT2D eigenvalue weighted by atomic mass is 10.1. The zero-order valence-corrected chi connectivity index (χ0v) is 11.9. The minimum absolute atomic E-state index is 0.0726. The van der Waals surface area contributed by atoms with Crippen molar-refractivity contribution in [3.8, 4) is 0 Å². The quantitative estimate of drug-likeness (QED) is 0.895. The summed E-state index contributed by atoms with van der Waals surface area (Å²) in [6.45, 7) is 5.33. The highest BCUT2D eigenvalue weighted by atomic mass is 16.2. The highest BCUT2D eigenvalue weighted by molar-refractivity contribution is 5.73. The fraction of sp³-hybridized carbons (Fsp3) is 0.467. The highest BCUT2D eigenvalue weighted by Gasteiger charge is 2.39. The van der Waals surface area contributed by atoms with Crippen LogP contribution in [0.4, 0.5) is 4.79 Å². The number of carbonyl (C=O) groups is 1. The van der Waals surface area contributed by atoms with Crippen LogP contribution in [-0.2, 0) is 0 Å². The predicted molar refractivity (Wildman–Crippen MR) is 77.9 cm³/mol. The third-order valence-electron chi connectivity index (χ3n) is 3.84. The van der Waals surface area contributed by atoms with E-state index in [-0.39, 0.29) is 6.03 Å². The van der Waals surface area contributed by atoms with Crippen LogP contribution in [0.2, 0.25) is 0 Å². The van der Waals surface area contributed by atoms with Crippen LogP contribution in [0, 0.1) is 12.8 Å². The van der Waals surface area contributed by atoms with Gasteiger partial charge in [0.25, 0.3) is 0 Å². The van der Waals surface area contributed by atoms with Gasteiger partial charge in [-0.15, -0.1) is 0 Å². The number of aryl methyl sites for hydroxylation is 1. The van der Waals surface area contributed by atoms with E-state index in [1.165, 1.54) is 11.1 Å². The van der Waals surface area contributed by atoms with Gasteiger partial charge in [-0.1, -0.05) is 6.07 Å². The van der Waals surface area contributed by atoms with Crippen LogP contribution >= 0.6 is 0 Å². The first-order valence-electron chi connectivity index (χ1n) is 7.15. The molecule has 5 heteroatoms. The van der Waals surface area contributed by atoms with Crippen molar-refractivity contribution in [2.45, 2.75) is 26.2 Å². The Morgan fingerprint density at radius 1 is 1.50 bits per heavy atom. The minimum atomic E-state index is -0.0726. The number of fused-ring (bicyclic) bond motifs is 1. The molecule has 2 N–H and O–H groups in total. The summed E-state index contributed by atoms with van der Waals surface area (Å²) in [6, 6.07) is 6.27. The summed E-state index contributed by atoms with van der Waals surface area (Å²) in [4.78, 5) is 11.4. The van der Waals surface area contributed by atoms with E-state index < -0.39 is 0 Å². The molecule has 0 aromatic carbocycles. The summed E-state index contributed by atoms with van der Waals surface area (Å²) in [5, 5.41) is 10.1. The maximum atomic E-state index is 11.4. The number of amides is 2. The molecule has 1 aliphatic carbocycles. The van der Waals surface area contributed by atoms with E-state index in [1.807, 2.05) is 30.6 Å². The summed E-state index contributed by atoms with van der Waals surface area (Å²) in [6.07, 6.45) is 3.12. The first kappa shape index (κ1) is 13.0. The Morgan fingerprint density at radius 2 is 2.35 bits per heavy atom. The van der Waals surface area contributed by atoms with Crippen LogP contribution in [0.5, 0.6) is 0 Å². The molecule has 2 amide bonds. The molecule has 1 aliphatic rings. The monoisotopic (exact) mass is 272 g/mol. The van der Waals surface area contributed by atoms with Gasteiger partial charge in [-0.3, -0.25) is 0 Å². The first-order chi connectivity index (χ1) is 9.69. The van der Waals surface area contributed by atoms with Crippen molar-refractivity contribution in [3.63, 3.8) is 0 Å². The Morgan fingerprint density at radius 3 is 3.15 bits per heavy atom. The third-order valence-corrected chi connectivity index (χ3v) is 3.84. The number of urea groups is 1. The number of nitrogens with one attached hydrogen (secondary N) is 2. The number of pyridine rings is 1. The molecule has 1 fully saturated rings. The minimum Gasteiger partial charge on any atom is -0.338 e. The fourth-order valence-corrected chi connectivity index (χ4v) is 2.77. The molecule has 2 aromatic heterocycles. The van der Waals surface area contributed by atoms with Gasteiger partial charge in [-0.25, -0.2) is 9.31 Å². The summed E-state index contributed by atoms with van der Waals surface area (Å²) in [7, 11) is 0. The van der Waals surface area contributed by atoms with Crippen LogP contribution < -0.4 is 10.6 Å². The molecule has 2 aromatic rings. The van der Waals surface area contributed by atoms with Crippen LogP contribution in [0.1, 0.15) is 30.5 Å². The van der Waals surface area contributed by atoms with Crippen molar-refractivity contribution in [3.05, 3.63) is 35.7 Å². The average Bonchev–Trinajstić information content (AvgIpc) is 3.08. The van der Waals surface area contributed by atoms with Crippen LogP contribution in [0.3, 0.4) is 0 Å². The van der Waals surface area contributed by atoms with Crippen molar-refractivity contribution in [1.29, 1.82) is 0 Å². The van der Waals surface area contributed by atoms with E-state index in [2.05, 4.69) is 27.9 Å². The first-order valence-corrected chi connectivity index (χ1v) is 7.15. The van der Waals surface area contributed by atoms with Crippen LogP contribution in [0.15, 0.2) is 24.4 Å². The number of nitrogens with zero attached hydrogens (tertiary/aromatic N) is 2. The highest BCUT2D eigenvalue weighted by Crippen LogP contribution is 2.48. The van der Waals surface area contributed by atoms with Crippen molar-refractivity contribution in [1.82, 2.24) is 20.2 Å². The third kappa shape index (κ3) is 2.48. The molecular formula is C15H20N4O. The van der Waals surface area contributed by atoms with E-state index in [4.69, 9.17) is 0 Å². The Balaban J connectivity index is 1.67. The zero-order valence-electron chi connectivity index (χ0n) is 11.9. The topological polar surface area (TPSA) is 58.4 Å². The zero-order chi connectivity index (χ0) is 14.1. The van der Waals surface area contributed by atoms with Gasteiger partial charge in [-0.2, -0.15) is 5.10 Å². The predicted octanol–water partition coefficient (Wildman–Crippen LogP) is 2.07. The fourth-order valence-electron chi connectivity index (χ4n) is 2.77. The molecule has 2 atom stereocenters. The van der Waals surface area contributed by atoms with Gasteiger partial charge < -0.3 is 10.6 Å². The second-order valence-corrected chi connectivity index (χ2v) is 5.42. The SMILES string of the molecule is CCNC(=O)NCC1CC1c1cccn2nc(C)cc12. The van der Waals surface area contributed by atoms with Crippen molar-refractivity contribution < 1.29 is 4.79 Å². The van der Waals surface area contributed by atoms with Gasteiger partial charge in [0.2, 0.25) is 0 Å². The molecule has 3 rings (SSSR count). The molecule has 0 aliphatic heterocycles. The number of hydrogen-bond acceptors (Lipinski definition) is 2. The molecule has 20 heavy (non-hydrogen) atoms. The summed E-state index contributed by atoms with van der Waals surface area (Å²) >= 11 is 0. The van der Waals surface area contributed by atoms with Crippen LogP contribution in [0.25, 0.3) is 5.52 Å². The Hall–Kier alpha value is -2.04. The van der Waals surface area contributed by atoms with Crippen molar-refractivity contribution >= 4 is 11.5 Å². The molecule has 5 nitrogen and oxygen atoms in total. The van der Waals surface area contributed by atoms with Gasteiger partial charge in [0.1, 0.15) is 0 Å². The maximum absolute atomic E-state index is 11.4. The van der Waals surface area contributed by atoms with Crippen molar-refractivity contribution in [2.75, 3.05) is 13.1 Å². The average molecular weight is 272 g/mol. The molecule has 0 radical (unpaired) electrons. The molecule has 0 bridgehead atoms. The lowest BCUT2D eigenvalue weighted by Gasteiger charge is -2.06. The largest absolute Gasteiger partial charge is 0.338 e. The maximum Gasteiger partial charge on any atom is 0.314 e. The summed E-state index contributed by atoms with van der Waals surface area (Å²) < 4.78 is 1.94. The molecule has 1 saturated carbocycles. The van der Waals surface area contributed by atoms with E-state index >= 15 is 0 Å². The van der Waals surface area contributed by atoms with E-state index in [0.717, 1.165) is 18.7 Å². The summed E-state index contributed by atoms with van der Waals surface area (Å²) in [5.41, 5.74) is 3.57. The van der Waals surface area contributed by atoms with Gasteiger partial charge >= 0.3 is 6.03 Å². The van der Waals surface area contributed by atoms with Crippen molar-refractivity contribution in [2.24, 2.45) is 5.92 Å². The Bertz CT molecular complexity index is 634. The number of hydrogen-bond donors (Lipinski definition) is 2.